The summed E-state index contributed by atoms with van der Waals surface area (Å²) in [6, 6.07) is 16.6. The first-order valence-electron chi connectivity index (χ1n) is 5.18. The van der Waals surface area contributed by atoms with Gasteiger partial charge in [0.15, 0.2) is 0 Å². The molecule has 2 aromatic rings. The van der Waals surface area contributed by atoms with Crippen LogP contribution in [-0.2, 0) is 0 Å². The van der Waals surface area contributed by atoms with Crippen LogP contribution in [0.25, 0.3) is 0 Å². The number of hydrogen-bond acceptors (Lipinski definition) is 2. The fourth-order valence-corrected chi connectivity index (χ4v) is 1.16. The molecule has 5 heteroatoms. The van der Waals surface area contributed by atoms with E-state index < -0.39 is 11.9 Å². The zero-order valence-electron chi connectivity index (χ0n) is 9.89. The molecule has 0 atom stereocenters. The molecule has 0 aliphatic rings. The van der Waals surface area contributed by atoms with Crippen molar-refractivity contribution in [3.05, 3.63) is 71.8 Å². The number of benzene rings is 2. The van der Waals surface area contributed by atoms with E-state index in [9.17, 15) is 9.59 Å². The van der Waals surface area contributed by atoms with Crippen molar-refractivity contribution in [1.29, 1.82) is 0 Å². The van der Waals surface area contributed by atoms with Crippen molar-refractivity contribution in [3.8, 4) is 0 Å². The summed E-state index contributed by atoms with van der Waals surface area (Å²) in [4.78, 5) is 20.4. The van der Waals surface area contributed by atoms with Crippen molar-refractivity contribution < 1.29 is 19.8 Å². The second-order valence-electron chi connectivity index (χ2n) is 3.34. The van der Waals surface area contributed by atoms with Gasteiger partial charge >= 0.3 is 11.9 Å². The number of carbonyl (C=O) groups is 2. The molecule has 0 saturated heterocycles. The minimum Gasteiger partial charge on any atom is -0.478 e. The van der Waals surface area contributed by atoms with Gasteiger partial charge < -0.3 is 10.2 Å². The molecule has 4 nitrogen and oxygen atoms in total. The Kier molecular flexibility index (Phi) is 7.93. The first-order chi connectivity index (χ1) is 8.61. The van der Waals surface area contributed by atoms with Crippen LogP contribution in [0.4, 0.5) is 0 Å². The van der Waals surface area contributed by atoms with Gasteiger partial charge in [-0.15, -0.1) is 0 Å². The summed E-state index contributed by atoms with van der Waals surface area (Å²) in [7, 11) is 0. The zero-order chi connectivity index (χ0) is 13.4. The average Bonchev–Trinajstić information content (AvgIpc) is 2.41. The Labute approximate surface area is 121 Å². The largest absolute Gasteiger partial charge is 0.478 e. The molecule has 2 aromatic carbocycles. The zero-order valence-corrected chi connectivity index (χ0v) is 11.6. The van der Waals surface area contributed by atoms with Crippen molar-refractivity contribution in [3.63, 3.8) is 0 Å². The summed E-state index contributed by atoms with van der Waals surface area (Å²) in [5, 5.41) is 16.8. The predicted molar refractivity (Wildman–Crippen MR) is 72.6 cm³/mol. The van der Waals surface area contributed by atoms with Gasteiger partial charge in [0, 0.05) is 17.1 Å². The van der Waals surface area contributed by atoms with Gasteiger partial charge in [-0.05, 0) is 24.3 Å². The van der Waals surface area contributed by atoms with Crippen molar-refractivity contribution in [1.82, 2.24) is 0 Å². The fourth-order valence-electron chi connectivity index (χ4n) is 1.16. The molecule has 0 spiro atoms. The first-order valence-corrected chi connectivity index (χ1v) is 5.18. The predicted octanol–water partition coefficient (Wildman–Crippen LogP) is 2.39. The van der Waals surface area contributed by atoms with Gasteiger partial charge in [0.05, 0.1) is 11.1 Å². The van der Waals surface area contributed by atoms with Gasteiger partial charge in [-0.1, -0.05) is 36.4 Å². The average molecular weight is 323 g/mol. The van der Waals surface area contributed by atoms with Crippen LogP contribution in [0.15, 0.2) is 60.7 Å². The molecular formula is C14H12O4Se. The molecule has 0 heterocycles. The molecule has 0 aliphatic carbocycles. The van der Waals surface area contributed by atoms with Gasteiger partial charge in [0.25, 0.3) is 0 Å². The molecule has 2 N–H and O–H groups in total. The van der Waals surface area contributed by atoms with Gasteiger partial charge in [0.2, 0.25) is 0 Å². The summed E-state index contributed by atoms with van der Waals surface area (Å²) in [5.41, 5.74) is 0.662. The Morgan fingerprint density at radius 1 is 0.632 bits per heavy atom. The minimum absolute atomic E-state index is 0. The Bertz CT molecular complexity index is 462. The minimum atomic E-state index is -0.879. The van der Waals surface area contributed by atoms with E-state index in [0.717, 1.165) is 0 Å². The van der Waals surface area contributed by atoms with E-state index in [2.05, 4.69) is 0 Å². The van der Waals surface area contributed by atoms with Crippen LogP contribution in [0.2, 0.25) is 0 Å². The molecule has 2 rings (SSSR count). The summed E-state index contributed by atoms with van der Waals surface area (Å²) in [6.45, 7) is 0. The molecule has 0 aromatic heterocycles. The number of carboxylic acid groups (broad SMARTS) is 2. The van der Waals surface area contributed by atoms with Crippen molar-refractivity contribution >= 4 is 29.0 Å². The summed E-state index contributed by atoms with van der Waals surface area (Å²) in [6.07, 6.45) is 0. The summed E-state index contributed by atoms with van der Waals surface area (Å²) < 4.78 is 0. The molecule has 0 saturated carbocycles. The third-order valence-electron chi connectivity index (χ3n) is 2.04. The maximum Gasteiger partial charge on any atom is 0.335 e. The Hall–Kier alpha value is -2.10. The van der Waals surface area contributed by atoms with E-state index in [-0.39, 0.29) is 17.1 Å². The van der Waals surface area contributed by atoms with Crippen LogP contribution in [-0.4, -0.2) is 39.2 Å². The summed E-state index contributed by atoms with van der Waals surface area (Å²) in [5.74, 6) is -1.76. The van der Waals surface area contributed by atoms with E-state index in [4.69, 9.17) is 10.2 Å². The maximum absolute atomic E-state index is 10.2. The van der Waals surface area contributed by atoms with Crippen LogP contribution < -0.4 is 0 Å². The molecule has 0 bridgehead atoms. The SMILES string of the molecule is O=C(O)c1ccccc1.O=C(O)c1ccccc1.[Se]. The second kappa shape index (κ2) is 8.91. The Morgan fingerprint density at radius 2 is 0.895 bits per heavy atom. The van der Waals surface area contributed by atoms with Crippen molar-refractivity contribution in [2.75, 3.05) is 0 Å². The topological polar surface area (TPSA) is 74.6 Å². The van der Waals surface area contributed by atoms with Gasteiger partial charge in [0.1, 0.15) is 0 Å². The van der Waals surface area contributed by atoms with Crippen LogP contribution in [0.3, 0.4) is 0 Å². The first kappa shape index (κ1) is 16.9. The van der Waals surface area contributed by atoms with E-state index >= 15 is 0 Å². The fraction of sp³-hybridized carbons (Fsp3) is 0. The molecule has 0 amide bonds. The molecular weight excluding hydrogens is 311 g/mol. The van der Waals surface area contributed by atoms with Gasteiger partial charge in [-0.3, -0.25) is 0 Å². The molecule has 0 fully saturated rings. The molecule has 0 aliphatic heterocycles. The third kappa shape index (κ3) is 6.40. The van der Waals surface area contributed by atoms with Crippen LogP contribution in [0, 0.1) is 0 Å². The van der Waals surface area contributed by atoms with Crippen molar-refractivity contribution in [2.45, 2.75) is 0 Å². The van der Waals surface area contributed by atoms with Crippen LogP contribution >= 0.6 is 0 Å². The smallest absolute Gasteiger partial charge is 0.335 e. The third-order valence-corrected chi connectivity index (χ3v) is 2.04. The molecule has 2 radical (unpaired) electrons. The van der Waals surface area contributed by atoms with Gasteiger partial charge in [-0.25, -0.2) is 9.59 Å². The van der Waals surface area contributed by atoms with E-state index in [1.807, 2.05) is 0 Å². The molecule has 0 unspecified atom stereocenters. The van der Waals surface area contributed by atoms with Crippen LogP contribution in [0.5, 0.6) is 0 Å². The number of carboxylic acids is 2. The summed E-state index contributed by atoms with van der Waals surface area (Å²) >= 11 is 0. The van der Waals surface area contributed by atoms with Crippen LogP contribution in [0.1, 0.15) is 20.7 Å². The number of hydrogen-bond donors (Lipinski definition) is 2. The number of aromatic carboxylic acids is 2. The molecule has 19 heavy (non-hydrogen) atoms. The van der Waals surface area contributed by atoms with Gasteiger partial charge in [-0.2, -0.15) is 0 Å². The maximum atomic E-state index is 10.2. The standard InChI is InChI=1S/2C7H6O2.Se/c2*8-7(9)6-4-2-1-3-5-6;/h2*1-5H,(H,8,9);. The Balaban J connectivity index is 0.000000324. The Morgan fingerprint density at radius 3 is 1.05 bits per heavy atom. The van der Waals surface area contributed by atoms with Crippen molar-refractivity contribution in [2.24, 2.45) is 0 Å². The molecule has 98 valence electrons. The quantitative estimate of drug-likeness (QED) is 0.832. The number of rotatable bonds is 2. The van der Waals surface area contributed by atoms with E-state index in [0.29, 0.717) is 11.1 Å². The van der Waals surface area contributed by atoms with E-state index in [1.54, 1.807) is 60.7 Å². The van der Waals surface area contributed by atoms with E-state index in [1.165, 1.54) is 0 Å². The normalized spacial score (nSPS) is 8.42. The monoisotopic (exact) mass is 324 g/mol. The second-order valence-corrected chi connectivity index (χ2v) is 3.34.